The largest absolute Gasteiger partial charge is 0.396 e. The van der Waals surface area contributed by atoms with Gasteiger partial charge in [-0.15, -0.1) is 0 Å². The van der Waals surface area contributed by atoms with Crippen LogP contribution in [0.1, 0.15) is 17.4 Å². The van der Waals surface area contributed by atoms with E-state index in [4.69, 9.17) is 10.5 Å². The summed E-state index contributed by atoms with van der Waals surface area (Å²) in [6.07, 6.45) is 1.48. The van der Waals surface area contributed by atoms with E-state index in [0.717, 1.165) is 0 Å². The van der Waals surface area contributed by atoms with Gasteiger partial charge in [0.25, 0.3) is 5.91 Å². The molecule has 6 nitrogen and oxygen atoms in total. The maximum absolute atomic E-state index is 12.1. The Morgan fingerprint density at radius 2 is 2.38 bits per heavy atom. The lowest BCUT2D eigenvalue weighted by Gasteiger charge is -2.20. The first kappa shape index (κ1) is 12.5. The molecule has 90 valence electrons. The first-order chi connectivity index (χ1) is 7.61. The van der Waals surface area contributed by atoms with Crippen molar-refractivity contribution in [2.75, 3.05) is 32.5 Å². The van der Waals surface area contributed by atoms with Crippen LogP contribution >= 0.6 is 0 Å². The number of ether oxygens (including phenoxy) is 1. The SMILES string of the molecule is CCN(CCOC)C(=O)c1c(N)cnn1C. The Morgan fingerprint density at radius 1 is 1.69 bits per heavy atom. The number of hydrogen-bond acceptors (Lipinski definition) is 4. The van der Waals surface area contributed by atoms with E-state index in [0.29, 0.717) is 31.1 Å². The van der Waals surface area contributed by atoms with Gasteiger partial charge in [-0.25, -0.2) is 0 Å². The molecular formula is C10H18N4O2. The second kappa shape index (κ2) is 5.50. The van der Waals surface area contributed by atoms with Crippen LogP contribution in [-0.4, -0.2) is 47.4 Å². The number of anilines is 1. The van der Waals surface area contributed by atoms with E-state index in [1.165, 1.54) is 10.9 Å². The van der Waals surface area contributed by atoms with E-state index in [1.807, 2.05) is 6.92 Å². The second-order valence-corrected chi connectivity index (χ2v) is 3.45. The summed E-state index contributed by atoms with van der Waals surface area (Å²) in [5.74, 6) is -0.114. The molecule has 1 aromatic rings. The molecular weight excluding hydrogens is 208 g/mol. The third-order valence-electron chi connectivity index (χ3n) is 2.40. The summed E-state index contributed by atoms with van der Waals surface area (Å²) in [6.45, 7) is 3.60. The standard InChI is InChI=1S/C10H18N4O2/c1-4-14(5-6-16-3)10(15)9-8(11)7-12-13(9)2/h7H,4-6,11H2,1-3H3. The Morgan fingerprint density at radius 3 is 2.81 bits per heavy atom. The maximum Gasteiger partial charge on any atom is 0.274 e. The number of likely N-dealkylation sites (N-methyl/N-ethyl adjacent to an activating group) is 1. The van der Waals surface area contributed by atoms with E-state index in [1.54, 1.807) is 19.1 Å². The molecule has 0 aliphatic heterocycles. The van der Waals surface area contributed by atoms with E-state index in [2.05, 4.69) is 5.10 Å². The Balaban J connectivity index is 2.82. The summed E-state index contributed by atoms with van der Waals surface area (Å²) in [4.78, 5) is 13.8. The minimum atomic E-state index is -0.114. The van der Waals surface area contributed by atoms with Crippen molar-refractivity contribution in [3.05, 3.63) is 11.9 Å². The highest BCUT2D eigenvalue weighted by Gasteiger charge is 2.20. The second-order valence-electron chi connectivity index (χ2n) is 3.45. The Labute approximate surface area is 95.0 Å². The number of hydrogen-bond donors (Lipinski definition) is 1. The lowest BCUT2D eigenvalue weighted by Crippen LogP contribution is -2.35. The number of nitrogen functional groups attached to an aromatic ring is 1. The Hall–Kier alpha value is -1.56. The lowest BCUT2D eigenvalue weighted by atomic mass is 10.3. The highest BCUT2D eigenvalue weighted by atomic mass is 16.5. The molecule has 0 aliphatic rings. The number of nitrogens with zero attached hydrogens (tertiary/aromatic N) is 3. The quantitative estimate of drug-likeness (QED) is 0.773. The average Bonchev–Trinajstić information content (AvgIpc) is 2.59. The molecule has 1 heterocycles. The molecule has 0 saturated heterocycles. The summed E-state index contributed by atoms with van der Waals surface area (Å²) < 4.78 is 6.45. The Kier molecular flexibility index (Phi) is 4.30. The van der Waals surface area contributed by atoms with E-state index in [-0.39, 0.29) is 5.91 Å². The molecule has 0 radical (unpaired) electrons. The maximum atomic E-state index is 12.1. The molecule has 0 spiro atoms. The summed E-state index contributed by atoms with van der Waals surface area (Å²) in [5, 5.41) is 3.95. The molecule has 0 aromatic carbocycles. The van der Waals surface area contributed by atoms with E-state index < -0.39 is 0 Å². The molecule has 0 fully saturated rings. The molecule has 0 aliphatic carbocycles. The van der Waals surface area contributed by atoms with E-state index >= 15 is 0 Å². The zero-order chi connectivity index (χ0) is 12.1. The number of carbonyl (C=O) groups excluding carboxylic acids is 1. The van der Waals surface area contributed by atoms with Gasteiger partial charge in [-0.1, -0.05) is 0 Å². The number of methoxy groups -OCH3 is 1. The first-order valence-corrected chi connectivity index (χ1v) is 5.17. The molecule has 16 heavy (non-hydrogen) atoms. The highest BCUT2D eigenvalue weighted by molar-refractivity contribution is 5.97. The zero-order valence-electron chi connectivity index (χ0n) is 9.93. The molecule has 0 atom stereocenters. The summed E-state index contributed by atoms with van der Waals surface area (Å²) in [5.41, 5.74) is 6.54. The van der Waals surface area contributed by atoms with Crippen LogP contribution in [0.4, 0.5) is 5.69 Å². The molecule has 0 saturated carbocycles. The fourth-order valence-corrected chi connectivity index (χ4v) is 1.47. The van der Waals surface area contributed by atoms with Gasteiger partial charge < -0.3 is 15.4 Å². The van der Waals surface area contributed by atoms with Crippen LogP contribution < -0.4 is 5.73 Å². The zero-order valence-corrected chi connectivity index (χ0v) is 9.93. The summed E-state index contributed by atoms with van der Waals surface area (Å²) in [6, 6.07) is 0. The minimum Gasteiger partial charge on any atom is -0.396 e. The van der Waals surface area contributed by atoms with Crippen LogP contribution in [0.5, 0.6) is 0 Å². The molecule has 0 unspecified atom stereocenters. The van der Waals surface area contributed by atoms with E-state index in [9.17, 15) is 4.79 Å². The predicted molar refractivity (Wildman–Crippen MR) is 61.1 cm³/mol. The number of aryl methyl sites for hydroxylation is 1. The van der Waals surface area contributed by atoms with Gasteiger partial charge in [0.2, 0.25) is 0 Å². The number of amides is 1. The summed E-state index contributed by atoms with van der Waals surface area (Å²) in [7, 11) is 3.31. The number of nitrogens with two attached hydrogens (primary N) is 1. The molecule has 0 bridgehead atoms. The average molecular weight is 226 g/mol. The van der Waals surface area contributed by atoms with Gasteiger partial charge in [-0.3, -0.25) is 9.48 Å². The fraction of sp³-hybridized carbons (Fsp3) is 0.600. The van der Waals surface area contributed by atoms with Crippen LogP contribution in [0.15, 0.2) is 6.20 Å². The topological polar surface area (TPSA) is 73.4 Å². The molecule has 1 aromatic heterocycles. The monoisotopic (exact) mass is 226 g/mol. The van der Waals surface area contributed by atoms with Crippen LogP contribution in [0.2, 0.25) is 0 Å². The van der Waals surface area contributed by atoms with Crippen LogP contribution in [-0.2, 0) is 11.8 Å². The van der Waals surface area contributed by atoms with Crippen molar-refractivity contribution >= 4 is 11.6 Å². The lowest BCUT2D eigenvalue weighted by molar-refractivity contribution is 0.0697. The molecule has 1 rings (SSSR count). The molecule has 2 N–H and O–H groups in total. The van der Waals surface area contributed by atoms with Gasteiger partial charge in [0.15, 0.2) is 0 Å². The number of carbonyl (C=O) groups is 1. The van der Waals surface area contributed by atoms with Crippen molar-refractivity contribution in [2.45, 2.75) is 6.92 Å². The summed E-state index contributed by atoms with van der Waals surface area (Å²) >= 11 is 0. The number of rotatable bonds is 5. The number of aromatic nitrogens is 2. The van der Waals surface area contributed by atoms with Crippen molar-refractivity contribution in [3.8, 4) is 0 Å². The van der Waals surface area contributed by atoms with Crippen LogP contribution in [0, 0.1) is 0 Å². The van der Waals surface area contributed by atoms with Crippen molar-refractivity contribution in [1.82, 2.24) is 14.7 Å². The highest BCUT2D eigenvalue weighted by Crippen LogP contribution is 2.12. The molecule has 1 amide bonds. The van der Waals surface area contributed by atoms with Gasteiger partial charge in [-0.05, 0) is 6.92 Å². The normalized spacial score (nSPS) is 10.4. The van der Waals surface area contributed by atoms with Gasteiger partial charge in [0.05, 0.1) is 18.5 Å². The van der Waals surface area contributed by atoms with Gasteiger partial charge in [0.1, 0.15) is 5.69 Å². The minimum absolute atomic E-state index is 0.114. The predicted octanol–water partition coefficient (Wildman–Crippen LogP) is 0.111. The van der Waals surface area contributed by atoms with Crippen molar-refractivity contribution in [2.24, 2.45) is 7.05 Å². The smallest absolute Gasteiger partial charge is 0.274 e. The Bertz CT molecular complexity index is 342. The van der Waals surface area contributed by atoms with Crippen molar-refractivity contribution in [1.29, 1.82) is 0 Å². The fourth-order valence-electron chi connectivity index (χ4n) is 1.47. The van der Waals surface area contributed by atoms with Crippen LogP contribution in [0.25, 0.3) is 0 Å². The first-order valence-electron chi connectivity index (χ1n) is 5.17. The molecule has 6 heteroatoms. The van der Waals surface area contributed by atoms with Crippen molar-refractivity contribution in [3.63, 3.8) is 0 Å². The third-order valence-corrected chi connectivity index (χ3v) is 2.40. The van der Waals surface area contributed by atoms with Crippen LogP contribution in [0.3, 0.4) is 0 Å². The van der Waals surface area contributed by atoms with Gasteiger partial charge in [0, 0.05) is 27.2 Å². The third kappa shape index (κ3) is 2.52. The van der Waals surface area contributed by atoms with Crippen molar-refractivity contribution < 1.29 is 9.53 Å². The van der Waals surface area contributed by atoms with Gasteiger partial charge >= 0.3 is 0 Å². The van der Waals surface area contributed by atoms with Gasteiger partial charge in [-0.2, -0.15) is 5.10 Å².